The predicted octanol–water partition coefficient (Wildman–Crippen LogP) is 2.04. The van der Waals surface area contributed by atoms with Crippen LogP contribution in [0.4, 0.5) is 0 Å². The second-order valence-electron chi connectivity index (χ2n) is 4.71. The Morgan fingerprint density at radius 2 is 2.16 bits per heavy atom. The number of amides is 1. The third-order valence-corrected chi connectivity index (χ3v) is 5.12. The fraction of sp³-hybridized carbons (Fsp3) is 0.615. The van der Waals surface area contributed by atoms with E-state index in [1.54, 1.807) is 0 Å². The monoisotopic (exact) mass is 346 g/mol. The zero-order valence-electron chi connectivity index (χ0n) is 11.0. The van der Waals surface area contributed by atoms with Crippen LogP contribution < -0.4 is 0 Å². The number of aliphatic hydroxyl groups is 1. The van der Waals surface area contributed by atoms with Crippen molar-refractivity contribution in [1.82, 2.24) is 9.80 Å². The van der Waals surface area contributed by atoms with E-state index < -0.39 is 0 Å². The highest BCUT2D eigenvalue weighted by molar-refractivity contribution is 9.11. The van der Waals surface area contributed by atoms with Crippen molar-refractivity contribution in [3.63, 3.8) is 0 Å². The zero-order valence-corrected chi connectivity index (χ0v) is 13.4. The number of carbonyl (C=O) groups is 1. The maximum absolute atomic E-state index is 12.3. The van der Waals surface area contributed by atoms with Crippen LogP contribution in [0.5, 0.6) is 0 Å². The van der Waals surface area contributed by atoms with Gasteiger partial charge in [-0.2, -0.15) is 0 Å². The lowest BCUT2D eigenvalue weighted by Gasteiger charge is -2.38. The summed E-state index contributed by atoms with van der Waals surface area (Å²) in [6, 6.07) is 2.11. The maximum atomic E-state index is 12.3. The molecule has 0 radical (unpaired) electrons. The molecule has 2 rings (SSSR count). The molecular formula is C13H19BrN2O2S. The maximum Gasteiger partial charge on any atom is 0.254 e. The molecule has 1 atom stereocenters. The van der Waals surface area contributed by atoms with Gasteiger partial charge in [-0.25, -0.2) is 0 Å². The van der Waals surface area contributed by atoms with Gasteiger partial charge in [-0.1, -0.05) is 6.92 Å². The number of hydrogen-bond donors (Lipinski definition) is 1. The number of halogens is 1. The van der Waals surface area contributed by atoms with Crippen molar-refractivity contribution in [1.29, 1.82) is 0 Å². The van der Waals surface area contributed by atoms with Gasteiger partial charge in [0.1, 0.15) is 0 Å². The highest BCUT2D eigenvalue weighted by Crippen LogP contribution is 2.22. The van der Waals surface area contributed by atoms with Crippen molar-refractivity contribution in [2.24, 2.45) is 0 Å². The molecular weight excluding hydrogens is 328 g/mol. The summed E-state index contributed by atoms with van der Waals surface area (Å²) < 4.78 is 0.987. The Balaban J connectivity index is 1.91. The molecule has 1 unspecified atom stereocenters. The topological polar surface area (TPSA) is 43.8 Å². The summed E-state index contributed by atoms with van der Waals surface area (Å²) in [5, 5.41) is 11.2. The minimum atomic E-state index is 0.110. The van der Waals surface area contributed by atoms with Crippen molar-refractivity contribution in [3.05, 3.63) is 20.8 Å². The zero-order chi connectivity index (χ0) is 13.8. The smallest absolute Gasteiger partial charge is 0.254 e. The first-order chi connectivity index (χ1) is 9.15. The molecule has 1 amide bonds. The fourth-order valence-corrected chi connectivity index (χ4v) is 3.53. The van der Waals surface area contributed by atoms with E-state index in [0.29, 0.717) is 0 Å². The minimum absolute atomic E-state index is 0.110. The highest BCUT2D eigenvalue weighted by atomic mass is 79.9. The third kappa shape index (κ3) is 3.56. The Hall–Kier alpha value is -0.430. The molecule has 0 spiro atoms. The van der Waals surface area contributed by atoms with Crippen molar-refractivity contribution in [3.8, 4) is 0 Å². The van der Waals surface area contributed by atoms with Gasteiger partial charge in [-0.05, 0) is 28.4 Å². The first-order valence-electron chi connectivity index (χ1n) is 6.54. The SMILES string of the molecule is CCC(CO)N1CCN(C(=O)c2csc(Br)c2)CC1. The van der Waals surface area contributed by atoms with Gasteiger partial charge in [0.2, 0.25) is 0 Å². The molecule has 1 aromatic heterocycles. The van der Waals surface area contributed by atoms with Crippen LogP contribution in [0.15, 0.2) is 15.2 Å². The summed E-state index contributed by atoms with van der Waals surface area (Å²) in [4.78, 5) is 16.4. The molecule has 0 aliphatic carbocycles. The number of carbonyl (C=O) groups excluding carboxylic acids is 1. The van der Waals surface area contributed by atoms with E-state index in [0.717, 1.165) is 41.9 Å². The van der Waals surface area contributed by atoms with E-state index in [9.17, 15) is 9.90 Å². The van der Waals surface area contributed by atoms with E-state index in [4.69, 9.17) is 0 Å². The Morgan fingerprint density at radius 1 is 1.47 bits per heavy atom. The Labute approximate surface area is 126 Å². The summed E-state index contributed by atoms with van der Waals surface area (Å²) in [6.07, 6.45) is 0.946. The van der Waals surface area contributed by atoms with Crippen LogP contribution in [0.2, 0.25) is 0 Å². The largest absolute Gasteiger partial charge is 0.395 e. The van der Waals surface area contributed by atoms with Gasteiger partial charge in [0.15, 0.2) is 0 Å². The van der Waals surface area contributed by atoms with Crippen LogP contribution in [0.1, 0.15) is 23.7 Å². The third-order valence-electron chi connectivity index (χ3n) is 3.61. The lowest BCUT2D eigenvalue weighted by Crippen LogP contribution is -2.52. The second kappa shape index (κ2) is 6.83. The van der Waals surface area contributed by atoms with Gasteiger partial charge < -0.3 is 10.0 Å². The van der Waals surface area contributed by atoms with Gasteiger partial charge in [-0.15, -0.1) is 11.3 Å². The predicted molar refractivity (Wildman–Crippen MR) is 80.7 cm³/mol. The molecule has 0 bridgehead atoms. The highest BCUT2D eigenvalue weighted by Gasteiger charge is 2.25. The van der Waals surface area contributed by atoms with E-state index >= 15 is 0 Å². The van der Waals surface area contributed by atoms with E-state index in [-0.39, 0.29) is 18.6 Å². The van der Waals surface area contributed by atoms with E-state index in [1.807, 2.05) is 16.3 Å². The van der Waals surface area contributed by atoms with Gasteiger partial charge in [0.05, 0.1) is 16.0 Å². The lowest BCUT2D eigenvalue weighted by atomic mass is 10.1. The molecule has 2 heterocycles. The molecule has 106 valence electrons. The molecule has 1 N–H and O–H groups in total. The van der Waals surface area contributed by atoms with Crippen LogP contribution in [0.25, 0.3) is 0 Å². The Bertz CT molecular complexity index is 426. The molecule has 1 aliphatic heterocycles. The van der Waals surface area contributed by atoms with Gasteiger partial charge >= 0.3 is 0 Å². The molecule has 0 aromatic carbocycles. The molecule has 1 saturated heterocycles. The molecule has 0 saturated carbocycles. The normalized spacial score (nSPS) is 18.6. The summed E-state index contributed by atoms with van der Waals surface area (Å²) in [7, 11) is 0. The number of piperazine rings is 1. The van der Waals surface area contributed by atoms with Crippen molar-refractivity contribution in [2.45, 2.75) is 19.4 Å². The average molecular weight is 347 g/mol. The van der Waals surface area contributed by atoms with Crippen LogP contribution in [0, 0.1) is 0 Å². The molecule has 19 heavy (non-hydrogen) atoms. The first kappa shape index (κ1) is 15.0. The molecule has 1 aliphatic rings. The summed E-state index contributed by atoms with van der Waals surface area (Å²) >= 11 is 4.92. The molecule has 1 fully saturated rings. The van der Waals surface area contributed by atoms with Gasteiger partial charge in [0, 0.05) is 37.6 Å². The molecule has 1 aromatic rings. The van der Waals surface area contributed by atoms with E-state index in [1.165, 1.54) is 11.3 Å². The quantitative estimate of drug-likeness (QED) is 0.907. The fourth-order valence-electron chi connectivity index (χ4n) is 2.40. The van der Waals surface area contributed by atoms with Crippen molar-refractivity contribution < 1.29 is 9.90 Å². The second-order valence-corrected chi connectivity index (χ2v) is 7.00. The van der Waals surface area contributed by atoms with Gasteiger partial charge in [0.25, 0.3) is 5.91 Å². The van der Waals surface area contributed by atoms with Crippen LogP contribution in [0.3, 0.4) is 0 Å². The number of hydrogen-bond acceptors (Lipinski definition) is 4. The summed E-state index contributed by atoms with van der Waals surface area (Å²) in [6.45, 7) is 5.45. The van der Waals surface area contributed by atoms with Crippen molar-refractivity contribution >= 4 is 33.2 Å². The summed E-state index contributed by atoms with van der Waals surface area (Å²) in [5.74, 6) is 0.110. The number of thiophene rings is 1. The average Bonchev–Trinajstić information content (AvgIpc) is 2.87. The number of nitrogens with zero attached hydrogens (tertiary/aromatic N) is 2. The van der Waals surface area contributed by atoms with Crippen LogP contribution >= 0.6 is 27.3 Å². The number of rotatable bonds is 4. The lowest BCUT2D eigenvalue weighted by molar-refractivity contribution is 0.0473. The molecule has 6 heteroatoms. The van der Waals surface area contributed by atoms with Crippen molar-refractivity contribution in [2.75, 3.05) is 32.8 Å². The summed E-state index contributed by atoms with van der Waals surface area (Å²) in [5.41, 5.74) is 0.763. The first-order valence-corrected chi connectivity index (χ1v) is 8.21. The van der Waals surface area contributed by atoms with E-state index in [2.05, 4.69) is 27.8 Å². The Morgan fingerprint density at radius 3 is 2.63 bits per heavy atom. The molecule has 4 nitrogen and oxygen atoms in total. The Kier molecular flexibility index (Phi) is 5.38. The van der Waals surface area contributed by atoms with Crippen LogP contribution in [-0.2, 0) is 0 Å². The minimum Gasteiger partial charge on any atom is -0.395 e. The standard InChI is InChI=1S/C13H19BrN2O2S/c1-2-11(8-17)15-3-5-16(6-4-15)13(18)10-7-12(14)19-9-10/h7,9,11,17H,2-6,8H2,1H3. The van der Waals surface area contributed by atoms with Gasteiger partial charge in [-0.3, -0.25) is 9.69 Å². The number of aliphatic hydroxyl groups excluding tert-OH is 1. The van der Waals surface area contributed by atoms with Crippen LogP contribution in [-0.4, -0.2) is 59.6 Å².